The minimum Gasteiger partial charge on any atom is -0.460 e. The molecule has 0 radical (unpaired) electrons. The molecular weight excluding hydrogens is 246 g/mol. The van der Waals surface area contributed by atoms with Gasteiger partial charge >= 0.3 is 5.97 Å². The summed E-state index contributed by atoms with van der Waals surface area (Å²) in [4.78, 5) is 34.0. The molecule has 0 bridgehead atoms. The van der Waals surface area contributed by atoms with E-state index >= 15 is 0 Å². The van der Waals surface area contributed by atoms with Gasteiger partial charge in [0.1, 0.15) is 5.60 Å². The zero-order chi connectivity index (χ0) is 14.9. The highest BCUT2D eigenvalue weighted by Gasteiger charge is 2.17. The molecule has 5 nitrogen and oxygen atoms in total. The Balaban J connectivity index is 3.79. The second-order valence-corrected chi connectivity index (χ2v) is 5.11. The summed E-state index contributed by atoms with van der Waals surface area (Å²) in [5, 5.41) is 2.44. The Kier molecular flexibility index (Phi) is 7.50. The number of amides is 1. The second-order valence-electron chi connectivity index (χ2n) is 5.11. The van der Waals surface area contributed by atoms with E-state index < -0.39 is 11.6 Å². The molecule has 106 valence electrons. The first-order chi connectivity index (χ1) is 8.74. The Morgan fingerprint density at radius 3 is 2.32 bits per heavy atom. The number of rotatable bonds is 7. The fraction of sp³-hybridized carbons (Fsp3) is 0.643. The summed E-state index contributed by atoms with van der Waals surface area (Å²) in [7, 11) is 0. The van der Waals surface area contributed by atoms with E-state index in [9.17, 15) is 14.4 Å². The first-order valence-electron chi connectivity index (χ1n) is 6.18. The maximum Gasteiger partial charge on any atom is 0.306 e. The van der Waals surface area contributed by atoms with Crippen molar-refractivity contribution in [3.05, 3.63) is 0 Å². The molecule has 0 heterocycles. The summed E-state index contributed by atoms with van der Waals surface area (Å²) in [6.45, 7) is 5.23. The number of esters is 1. The highest BCUT2D eigenvalue weighted by molar-refractivity contribution is 5.87. The Morgan fingerprint density at radius 1 is 1.16 bits per heavy atom. The van der Waals surface area contributed by atoms with E-state index in [0.29, 0.717) is 6.42 Å². The Labute approximate surface area is 114 Å². The van der Waals surface area contributed by atoms with Gasteiger partial charge in [-0.25, -0.2) is 0 Å². The third-order valence-corrected chi connectivity index (χ3v) is 2.01. The van der Waals surface area contributed by atoms with Gasteiger partial charge in [0.2, 0.25) is 5.91 Å². The molecule has 0 rings (SSSR count). The fourth-order valence-electron chi connectivity index (χ4n) is 1.19. The predicted molar refractivity (Wildman–Crippen MR) is 71.2 cm³/mol. The maximum absolute atomic E-state index is 11.4. The molecule has 0 spiro atoms. The van der Waals surface area contributed by atoms with Gasteiger partial charge in [-0.2, -0.15) is 0 Å². The van der Waals surface area contributed by atoms with Crippen molar-refractivity contribution in [3.8, 4) is 12.3 Å². The van der Waals surface area contributed by atoms with Crippen LogP contribution in [0.25, 0.3) is 0 Å². The topological polar surface area (TPSA) is 72.5 Å². The molecule has 0 saturated carbocycles. The van der Waals surface area contributed by atoms with E-state index in [1.165, 1.54) is 0 Å². The van der Waals surface area contributed by atoms with E-state index in [-0.39, 0.29) is 37.5 Å². The van der Waals surface area contributed by atoms with Crippen LogP contribution in [0.3, 0.4) is 0 Å². The molecule has 1 amide bonds. The minimum absolute atomic E-state index is 0.00164. The van der Waals surface area contributed by atoms with Crippen molar-refractivity contribution < 1.29 is 19.1 Å². The average molecular weight is 267 g/mol. The van der Waals surface area contributed by atoms with Crippen molar-refractivity contribution in [2.24, 2.45) is 0 Å². The number of ketones is 1. The van der Waals surface area contributed by atoms with Crippen LogP contribution < -0.4 is 5.32 Å². The van der Waals surface area contributed by atoms with Crippen LogP contribution in [0.4, 0.5) is 0 Å². The third-order valence-electron chi connectivity index (χ3n) is 2.01. The van der Waals surface area contributed by atoms with E-state index in [2.05, 4.69) is 11.2 Å². The van der Waals surface area contributed by atoms with Gasteiger partial charge in [-0.15, -0.1) is 12.3 Å². The van der Waals surface area contributed by atoms with Gasteiger partial charge in [-0.3, -0.25) is 14.4 Å². The molecular formula is C14H21NO4. The van der Waals surface area contributed by atoms with Gasteiger partial charge in [0.15, 0.2) is 5.78 Å². The average Bonchev–Trinajstić information content (AvgIpc) is 2.29. The molecule has 0 aliphatic rings. The predicted octanol–water partition coefficient (Wildman–Crippen LogP) is 1.21. The highest BCUT2D eigenvalue weighted by atomic mass is 16.6. The molecule has 0 atom stereocenters. The van der Waals surface area contributed by atoms with Crippen LogP contribution in [0.5, 0.6) is 0 Å². The number of carbonyl (C=O) groups excluding carboxylic acids is 3. The second kappa shape index (κ2) is 8.30. The molecule has 5 heteroatoms. The van der Waals surface area contributed by atoms with Gasteiger partial charge in [-0.1, -0.05) is 0 Å². The van der Waals surface area contributed by atoms with Crippen LogP contribution >= 0.6 is 0 Å². The van der Waals surface area contributed by atoms with Crippen molar-refractivity contribution in [2.75, 3.05) is 6.54 Å². The molecule has 19 heavy (non-hydrogen) atoms. The molecule has 0 aliphatic carbocycles. The summed E-state index contributed by atoms with van der Waals surface area (Å²) in [5.74, 6) is 1.45. The zero-order valence-corrected chi connectivity index (χ0v) is 11.7. The summed E-state index contributed by atoms with van der Waals surface area (Å²) < 4.78 is 5.06. The monoisotopic (exact) mass is 267 g/mol. The molecule has 0 fully saturated rings. The summed E-state index contributed by atoms with van der Waals surface area (Å²) in [6, 6.07) is 0. The van der Waals surface area contributed by atoms with Gasteiger partial charge in [-0.05, 0) is 20.8 Å². The van der Waals surface area contributed by atoms with Crippen LogP contribution in [0.1, 0.15) is 46.5 Å². The number of Topliss-reactive ketones (excluding diaryl/α,β-unsaturated/α-hetero) is 1. The number of carbonyl (C=O) groups is 3. The Bertz CT molecular complexity index is 374. The van der Waals surface area contributed by atoms with Crippen molar-refractivity contribution >= 4 is 17.7 Å². The normalized spacial score (nSPS) is 10.4. The maximum atomic E-state index is 11.4. The molecule has 0 aromatic carbocycles. The number of ether oxygens (including phenoxy) is 1. The zero-order valence-electron chi connectivity index (χ0n) is 11.7. The standard InChI is InChI=1S/C14H21NO4/c1-5-6-7-11(16)10-15-12(17)8-9-13(18)19-14(2,3)4/h1H,6-10H2,2-4H3,(H,15,17). The van der Waals surface area contributed by atoms with Crippen LogP contribution in [0, 0.1) is 12.3 Å². The molecule has 0 unspecified atom stereocenters. The van der Waals surface area contributed by atoms with Crippen molar-refractivity contribution in [1.29, 1.82) is 0 Å². The lowest BCUT2D eigenvalue weighted by molar-refractivity contribution is -0.155. The molecule has 0 aliphatic heterocycles. The van der Waals surface area contributed by atoms with Crippen molar-refractivity contribution in [2.45, 2.75) is 52.1 Å². The lowest BCUT2D eigenvalue weighted by Gasteiger charge is -2.19. The van der Waals surface area contributed by atoms with Crippen LogP contribution in [0.2, 0.25) is 0 Å². The Hall–Kier alpha value is -1.83. The minimum atomic E-state index is -0.557. The summed E-state index contributed by atoms with van der Waals surface area (Å²) in [5.41, 5.74) is -0.557. The molecule has 0 aromatic heterocycles. The van der Waals surface area contributed by atoms with Gasteiger partial charge in [0.05, 0.1) is 13.0 Å². The third kappa shape index (κ3) is 11.0. The quantitative estimate of drug-likeness (QED) is 0.556. The van der Waals surface area contributed by atoms with Gasteiger partial charge in [0.25, 0.3) is 0 Å². The SMILES string of the molecule is C#CCCC(=O)CNC(=O)CCC(=O)OC(C)(C)C. The van der Waals surface area contributed by atoms with E-state index in [1.54, 1.807) is 20.8 Å². The van der Waals surface area contributed by atoms with Crippen molar-refractivity contribution in [1.82, 2.24) is 5.32 Å². The molecule has 0 aromatic rings. The number of nitrogens with one attached hydrogen (secondary N) is 1. The largest absolute Gasteiger partial charge is 0.460 e. The summed E-state index contributed by atoms with van der Waals surface area (Å²) in [6.07, 6.45) is 5.66. The lowest BCUT2D eigenvalue weighted by atomic mass is 10.2. The fourth-order valence-corrected chi connectivity index (χ4v) is 1.19. The first-order valence-corrected chi connectivity index (χ1v) is 6.18. The van der Waals surface area contributed by atoms with Gasteiger partial charge in [0, 0.05) is 19.3 Å². The summed E-state index contributed by atoms with van der Waals surface area (Å²) >= 11 is 0. The van der Waals surface area contributed by atoms with E-state index in [4.69, 9.17) is 11.2 Å². The van der Waals surface area contributed by atoms with E-state index in [1.807, 2.05) is 0 Å². The smallest absolute Gasteiger partial charge is 0.306 e. The van der Waals surface area contributed by atoms with Crippen LogP contribution in [-0.4, -0.2) is 29.8 Å². The van der Waals surface area contributed by atoms with E-state index in [0.717, 1.165) is 0 Å². The molecule has 1 N–H and O–H groups in total. The van der Waals surface area contributed by atoms with Crippen LogP contribution in [-0.2, 0) is 19.1 Å². The highest BCUT2D eigenvalue weighted by Crippen LogP contribution is 2.08. The Morgan fingerprint density at radius 2 is 1.79 bits per heavy atom. The van der Waals surface area contributed by atoms with Gasteiger partial charge < -0.3 is 10.1 Å². The van der Waals surface area contributed by atoms with Crippen molar-refractivity contribution in [3.63, 3.8) is 0 Å². The number of terminal acetylenes is 1. The lowest BCUT2D eigenvalue weighted by Crippen LogP contribution is -2.30. The number of hydrogen-bond donors (Lipinski definition) is 1. The first kappa shape index (κ1) is 17.2. The van der Waals surface area contributed by atoms with Crippen LogP contribution in [0.15, 0.2) is 0 Å². The molecule has 0 saturated heterocycles. The number of hydrogen-bond acceptors (Lipinski definition) is 4.